The summed E-state index contributed by atoms with van der Waals surface area (Å²) >= 11 is 0. The van der Waals surface area contributed by atoms with Gasteiger partial charge in [0.2, 0.25) is 0 Å². The molecule has 1 rings (SSSR count). The number of rotatable bonds is 9. The summed E-state index contributed by atoms with van der Waals surface area (Å²) in [7, 11) is 1.64. The van der Waals surface area contributed by atoms with E-state index in [0.29, 0.717) is 13.2 Å². The summed E-state index contributed by atoms with van der Waals surface area (Å²) in [4.78, 5) is 0. The van der Waals surface area contributed by atoms with Crippen LogP contribution in [0.25, 0.3) is 6.08 Å². The summed E-state index contributed by atoms with van der Waals surface area (Å²) in [5.74, 6) is 1.51. The SMILES string of the molecule is CC=Cc1ccc(OCCCNC[C@@H](C)O)c(OC)c1. The second kappa shape index (κ2) is 9.39. The zero-order valence-electron chi connectivity index (χ0n) is 12.6. The van der Waals surface area contributed by atoms with Gasteiger partial charge in [0, 0.05) is 6.54 Å². The molecule has 0 amide bonds. The third-order valence-electron chi connectivity index (χ3n) is 2.74. The molecule has 20 heavy (non-hydrogen) atoms. The molecule has 0 heterocycles. The Hall–Kier alpha value is -1.52. The van der Waals surface area contributed by atoms with Gasteiger partial charge in [-0.3, -0.25) is 0 Å². The fourth-order valence-electron chi connectivity index (χ4n) is 1.79. The molecule has 4 heteroatoms. The van der Waals surface area contributed by atoms with Crippen molar-refractivity contribution < 1.29 is 14.6 Å². The lowest BCUT2D eigenvalue weighted by molar-refractivity contribution is 0.190. The molecule has 0 bridgehead atoms. The van der Waals surface area contributed by atoms with Gasteiger partial charge in [-0.2, -0.15) is 0 Å². The second-order valence-electron chi connectivity index (χ2n) is 4.67. The molecule has 1 aromatic carbocycles. The predicted octanol–water partition coefficient (Wildman–Crippen LogP) is 2.47. The highest BCUT2D eigenvalue weighted by atomic mass is 16.5. The first-order valence-electron chi connectivity index (χ1n) is 6.99. The normalized spacial score (nSPS) is 12.6. The number of allylic oxidation sites excluding steroid dienone is 1. The molecule has 0 unspecified atom stereocenters. The van der Waals surface area contributed by atoms with Crippen molar-refractivity contribution >= 4 is 6.08 Å². The summed E-state index contributed by atoms with van der Waals surface area (Å²) in [6.45, 7) is 5.80. The fraction of sp³-hybridized carbons (Fsp3) is 0.500. The number of hydrogen-bond donors (Lipinski definition) is 2. The molecule has 0 radical (unpaired) electrons. The summed E-state index contributed by atoms with van der Waals surface area (Å²) in [6, 6.07) is 5.89. The van der Waals surface area contributed by atoms with E-state index in [2.05, 4.69) is 5.32 Å². The third kappa shape index (κ3) is 6.08. The van der Waals surface area contributed by atoms with Gasteiger partial charge in [0.25, 0.3) is 0 Å². The summed E-state index contributed by atoms with van der Waals surface area (Å²) in [5, 5.41) is 12.3. The minimum absolute atomic E-state index is 0.310. The maximum absolute atomic E-state index is 9.11. The van der Waals surface area contributed by atoms with E-state index < -0.39 is 0 Å². The molecule has 0 saturated carbocycles. The van der Waals surface area contributed by atoms with Crippen LogP contribution in [0.1, 0.15) is 25.8 Å². The molecule has 112 valence electrons. The van der Waals surface area contributed by atoms with Gasteiger partial charge in [0.05, 0.1) is 19.8 Å². The van der Waals surface area contributed by atoms with E-state index in [1.54, 1.807) is 14.0 Å². The van der Waals surface area contributed by atoms with E-state index in [1.165, 1.54) is 0 Å². The largest absolute Gasteiger partial charge is 0.493 e. The molecule has 4 nitrogen and oxygen atoms in total. The molecule has 2 N–H and O–H groups in total. The quantitative estimate of drug-likeness (QED) is 0.682. The van der Waals surface area contributed by atoms with Gasteiger partial charge in [-0.15, -0.1) is 0 Å². The van der Waals surface area contributed by atoms with Crippen molar-refractivity contribution in [1.82, 2.24) is 5.32 Å². The minimum Gasteiger partial charge on any atom is -0.493 e. The van der Waals surface area contributed by atoms with Gasteiger partial charge >= 0.3 is 0 Å². The monoisotopic (exact) mass is 279 g/mol. The van der Waals surface area contributed by atoms with Crippen LogP contribution in [-0.4, -0.2) is 38.0 Å². The van der Waals surface area contributed by atoms with Crippen molar-refractivity contribution in [2.75, 3.05) is 26.8 Å². The van der Waals surface area contributed by atoms with Crippen molar-refractivity contribution in [1.29, 1.82) is 0 Å². The molecule has 1 aromatic rings. The Kier molecular flexibility index (Phi) is 7.77. The number of nitrogens with one attached hydrogen (secondary N) is 1. The zero-order chi connectivity index (χ0) is 14.8. The Balaban J connectivity index is 2.39. The van der Waals surface area contributed by atoms with Crippen LogP contribution in [-0.2, 0) is 0 Å². The highest BCUT2D eigenvalue weighted by molar-refractivity contribution is 5.55. The number of hydrogen-bond acceptors (Lipinski definition) is 4. The number of methoxy groups -OCH3 is 1. The van der Waals surface area contributed by atoms with E-state index in [0.717, 1.165) is 30.0 Å². The topological polar surface area (TPSA) is 50.7 Å². The third-order valence-corrected chi connectivity index (χ3v) is 2.74. The standard InChI is InChI=1S/C16H25NO3/c1-4-6-14-7-8-15(16(11-14)19-3)20-10-5-9-17-12-13(2)18/h4,6-8,11,13,17-18H,5,9-10,12H2,1-3H3/t13-/m1/s1. The van der Waals surface area contributed by atoms with E-state index in [4.69, 9.17) is 14.6 Å². The Bertz CT molecular complexity index is 416. The first-order valence-corrected chi connectivity index (χ1v) is 6.99. The summed E-state index contributed by atoms with van der Waals surface area (Å²) in [6.07, 6.45) is 4.58. The number of aliphatic hydroxyl groups is 1. The Morgan fingerprint density at radius 2 is 2.15 bits per heavy atom. The Morgan fingerprint density at radius 1 is 1.35 bits per heavy atom. The van der Waals surface area contributed by atoms with Crippen LogP contribution in [0.2, 0.25) is 0 Å². The summed E-state index contributed by atoms with van der Waals surface area (Å²) < 4.78 is 11.1. The minimum atomic E-state index is -0.310. The van der Waals surface area contributed by atoms with Gasteiger partial charge in [0.15, 0.2) is 11.5 Å². The maximum Gasteiger partial charge on any atom is 0.161 e. The van der Waals surface area contributed by atoms with Crippen LogP contribution in [0.5, 0.6) is 11.5 Å². The highest BCUT2D eigenvalue weighted by Gasteiger charge is 2.04. The maximum atomic E-state index is 9.11. The lowest BCUT2D eigenvalue weighted by Crippen LogP contribution is -2.26. The molecule has 0 aliphatic rings. The lowest BCUT2D eigenvalue weighted by Gasteiger charge is -2.12. The van der Waals surface area contributed by atoms with Crippen LogP contribution < -0.4 is 14.8 Å². The van der Waals surface area contributed by atoms with Gasteiger partial charge in [-0.1, -0.05) is 18.2 Å². The fourth-order valence-corrected chi connectivity index (χ4v) is 1.79. The van der Waals surface area contributed by atoms with Crippen LogP contribution in [0.4, 0.5) is 0 Å². The average Bonchev–Trinajstić information content (AvgIpc) is 2.43. The smallest absolute Gasteiger partial charge is 0.161 e. The average molecular weight is 279 g/mol. The molecule has 0 saturated heterocycles. The summed E-state index contributed by atoms with van der Waals surface area (Å²) in [5.41, 5.74) is 1.09. The van der Waals surface area contributed by atoms with Crippen LogP contribution in [0.3, 0.4) is 0 Å². The van der Waals surface area contributed by atoms with Crippen LogP contribution in [0, 0.1) is 0 Å². The van der Waals surface area contributed by atoms with E-state index in [1.807, 2.05) is 37.3 Å². The Morgan fingerprint density at radius 3 is 2.80 bits per heavy atom. The first kappa shape index (κ1) is 16.5. The van der Waals surface area contributed by atoms with Crippen molar-refractivity contribution in [2.24, 2.45) is 0 Å². The molecule has 1 atom stereocenters. The van der Waals surface area contributed by atoms with Gasteiger partial charge in [0.1, 0.15) is 0 Å². The predicted molar refractivity (Wildman–Crippen MR) is 82.4 cm³/mol. The van der Waals surface area contributed by atoms with E-state index in [-0.39, 0.29) is 6.10 Å². The van der Waals surface area contributed by atoms with Crippen molar-refractivity contribution in [3.8, 4) is 11.5 Å². The van der Waals surface area contributed by atoms with Crippen LogP contribution >= 0.6 is 0 Å². The van der Waals surface area contributed by atoms with Crippen molar-refractivity contribution in [2.45, 2.75) is 26.4 Å². The molecular weight excluding hydrogens is 254 g/mol. The lowest BCUT2D eigenvalue weighted by atomic mass is 10.2. The molecule has 0 spiro atoms. The molecular formula is C16H25NO3. The number of benzene rings is 1. The molecule has 0 aliphatic carbocycles. The van der Waals surface area contributed by atoms with E-state index >= 15 is 0 Å². The highest BCUT2D eigenvalue weighted by Crippen LogP contribution is 2.28. The Labute approximate surface area is 121 Å². The molecule has 0 aliphatic heterocycles. The van der Waals surface area contributed by atoms with Gasteiger partial charge in [-0.25, -0.2) is 0 Å². The second-order valence-corrected chi connectivity index (χ2v) is 4.67. The van der Waals surface area contributed by atoms with Crippen molar-refractivity contribution in [3.05, 3.63) is 29.8 Å². The van der Waals surface area contributed by atoms with Gasteiger partial charge < -0.3 is 19.9 Å². The number of ether oxygens (including phenoxy) is 2. The van der Waals surface area contributed by atoms with Gasteiger partial charge in [-0.05, 0) is 44.5 Å². The van der Waals surface area contributed by atoms with Crippen molar-refractivity contribution in [3.63, 3.8) is 0 Å². The van der Waals surface area contributed by atoms with Crippen LogP contribution in [0.15, 0.2) is 24.3 Å². The zero-order valence-corrected chi connectivity index (χ0v) is 12.6. The number of aliphatic hydroxyl groups excluding tert-OH is 1. The molecule has 0 aromatic heterocycles. The molecule has 0 fully saturated rings. The van der Waals surface area contributed by atoms with E-state index in [9.17, 15) is 0 Å². The first-order chi connectivity index (χ1) is 9.67.